The topological polar surface area (TPSA) is 39.8 Å². The average molecular weight is 295 g/mol. The van der Waals surface area contributed by atoms with Gasteiger partial charge in [-0.25, -0.2) is 0 Å². The number of benzene rings is 1. The van der Waals surface area contributed by atoms with Gasteiger partial charge in [0.15, 0.2) is 0 Å². The van der Waals surface area contributed by atoms with Gasteiger partial charge < -0.3 is 4.57 Å². The molecule has 0 fully saturated rings. The van der Waals surface area contributed by atoms with Gasteiger partial charge in [-0.05, 0) is 19.1 Å². The van der Waals surface area contributed by atoms with Gasteiger partial charge in [-0.3, -0.25) is 4.79 Å². The normalized spacial score (nSPS) is 11.5. The Labute approximate surface area is 125 Å². The van der Waals surface area contributed by atoms with E-state index in [1.807, 2.05) is 60.4 Å². The molecule has 104 valence electrons. The van der Waals surface area contributed by atoms with Crippen LogP contribution in [0.3, 0.4) is 0 Å². The average Bonchev–Trinajstić information content (AvgIpc) is 3.04. The van der Waals surface area contributed by atoms with Crippen molar-refractivity contribution >= 4 is 22.2 Å². The summed E-state index contributed by atoms with van der Waals surface area (Å²) >= 11 is 1.62. The minimum absolute atomic E-state index is 0.0656. The number of para-hydroxylation sites is 1. The fourth-order valence-electron chi connectivity index (χ4n) is 2.69. The third-order valence-electron chi connectivity index (χ3n) is 3.70. The predicted molar refractivity (Wildman–Crippen MR) is 85.5 cm³/mol. The van der Waals surface area contributed by atoms with Crippen molar-refractivity contribution in [1.82, 2.24) is 14.3 Å². The van der Waals surface area contributed by atoms with Gasteiger partial charge in [0.25, 0.3) is 5.56 Å². The summed E-state index contributed by atoms with van der Waals surface area (Å²) in [4.78, 5) is 13.8. The Morgan fingerprint density at radius 2 is 2.05 bits per heavy atom. The molecule has 0 amide bonds. The van der Waals surface area contributed by atoms with Crippen LogP contribution in [0.2, 0.25) is 0 Å². The Morgan fingerprint density at radius 1 is 1.24 bits per heavy atom. The first-order valence-electron chi connectivity index (χ1n) is 6.68. The molecule has 0 atom stereocenters. The summed E-state index contributed by atoms with van der Waals surface area (Å²) in [6.07, 6.45) is 1.86. The molecule has 0 radical (unpaired) electrons. The van der Waals surface area contributed by atoms with E-state index in [1.54, 1.807) is 11.3 Å². The van der Waals surface area contributed by atoms with Crippen LogP contribution < -0.4 is 5.56 Å². The molecular weight excluding hydrogens is 282 g/mol. The van der Waals surface area contributed by atoms with Crippen LogP contribution in [0.15, 0.2) is 46.7 Å². The second-order valence-electron chi connectivity index (χ2n) is 5.15. The Balaban J connectivity index is 2.13. The lowest BCUT2D eigenvalue weighted by atomic mass is 10.1. The number of fused-ring (bicyclic) bond motifs is 3. The highest BCUT2D eigenvalue weighted by atomic mass is 32.1. The summed E-state index contributed by atoms with van der Waals surface area (Å²) in [6, 6.07) is 9.99. The molecule has 1 aromatic carbocycles. The van der Waals surface area contributed by atoms with Gasteiger partial charge in [0.2, 0.25) is 0 Å². The molecule has 4 rings (SSSR count). The number of thiophene rings is 1. The van der Waals surface area contributed by atoms with Gasteiger partial charge >= 0.3 is 0 Å². The predicted octanol–water partition coefficient (Wildman–Crippen LogP) is 3.20. The molecule has 3 heterocycles. The summed E-state index contributed by atoms with van der Waals surface area (Å²) in [6.45, 7) is 2.03. The van der Waals surface area contributed by atoms with Crippen LogP contribution in [0.25, 0.3) is 27.8 Å². The van der Waals surface area contributed by atoms with Crippen molar-refractivity contribution in [3.8, 4) is 16.9 Å². The zero-order chi connectivity index (χ0) is 14.6. The summed E-state index contributed by atoms with van der Waals surface area (Å²) in [5.41, 5.74) is 3.25. The van der Waals surface area contributed by atoms with Crippen molar-refractivity contribution in [1.29, 1.82) is 0 Å². The standard InChI is InChI=1S/C16H13N3OS/c1-10-7-11(9-21-10)19-16(20)13-8-18(2)14-6-4-3-5-12(14)15(13)17-19/h3-9H,1-2H3. The first kappa shape index (κ1) is 12.3. The monoisotopic (exact) mass is 295 g/mol. The minimum Gasteiger partial charge on any atom is -0.350 e. The zero-order valence-corrected chi connectivity index (χ0v) is 12.5. The largest absolute Gasteiger partial charge is 0.350 e. The Bertz CT molecular complexity index is 992. The number of rotatable bonds is 1. The van der Waals surface area contributed by atoms with Gasteiger partial charge in [0, 0.05) is 34.4 Å². The van der Waals surface area contributed by atoms with E-state index in [9.17, 15) is 4.79 Å². The highest BCUT2D eigenvalue weighted by molar-refractivity contribution is 7.10. The number of hydrogen-bond acceptors (Lipinski definition) is 3. The van der Waals surface area contributed by atoms with Crippen LogP contribution in [0.5, 0.6) is 0 Å². The number of aryl methyl sites for hydroxylation is 2. The van der Waals surface area contributed by atoms with Gasteiger partial charge in [0.1, 0.15) is 5.69 Å². The van der Waals surface area contributed by atoms with Gasteiger partial charge in [-0.15, -0.1) is 11.3 Å². The molecule has 0 aliphatic carbocycles. The highest BCUT2D eigenvalue weighted by Gasteiger charge is 2.20. The summed E-state index contributed by atoms with van der Waals surface area (Å²) in [5.74, 6) is 0. The molecule has 21 heavy (non-hydrogen) atoms. The smallest absolute Gasteiger partial charge is 0.282 e. The van der Waals surface area contributed by atoms with Crippen LogP contribution in [0, 0.1) is 6.92 Å². The molecule has 0 saturated heterocycles. The van der Waals surface area contributed by atoms with Crippen molar-refractivity contribution in [2.45, 2.75) is 6.92 Å². The second-order valence-corrected chi connectivity index (χ2v) is 6.27. The minimum atomic E-state index is -0.0656. The number of pyridine rings is 1. The lowest BCUT2D eigenvalue weighted by Crippen LogP contribution is -2.14. The Kier molecular flexibility index (Phi) is 2.53. The SMILES string of the molecule is Cc1cc(-n2nc3c4ccccc4n(C)cc-3c2=O)cs1. The third-order valence-corrected chi connectivity index (χ3v) is 4.55. The van der Waals surface area contributed by atoms with Gasteiger partial charge in [-0.1, -0.05) is 18.2 Å². The van der Waals surface area contributed by atoms with Crippen molar-refractivity contribution < 1.29 is 0 Å². The molecular formula is C16H13N3OS. The molecule has 5 heteroatoms. The van der Waals surface area contributed by atoms with Crippen molar-refractivity contribution in [2.24, 2.45) is 7.05 Å². The lowest BCUT2D eigenvalue weighted by Gasteiger charge is -2.08. The fraction of sp³-hybridized carbons (Fsp3) is 0.125. The van der Waals surface area contributed by atoms with Gasteiger partial charge in [0.05, 0.1) is 11.3 Å². The van der Waals surface area contributed by atoms with Crippen molar-refractivity contribution in [2.75, 3.05) is 0 Å². The third kappa shape index (κ3) is 1.74. The zero-order valence-electron chi connectivity index (χ0n) is 11.7. The first-order valence-corrected chi connectivity index (χ1v) is 7.56. The number of aromatic nitrogens is 3. The molecule has 0 N–H and O–H groups in total. The van der Waals surface area contributed by atoms with Crippen molar-refractivity contribution in [3.63, 3.8) is 0 Å². The van der Waals surface area contributed by atoms with Crippen LogP contribution >= 0.6 is 11.3 Å². The molecule has 4 nitrogen and oxygen atoms in total. The summed E-state index contributed by atoms with van der Waals surface area (Å²) in [7, 11) is 1.95. The lowest BCUT2D eigenvalue weighted by molar-refractivity contribution is 0.862. The van der Waals surface area contributed by atoms with Crippen LogP contribution in [-0.4, -0.2) is 14.3 Å². The van der Waals surface area contributed by atoms with E-state index in [4.69, 9.17) is 0 Å². The maximum absolute atomic E-state index is 12.6. The molecule has 2 aliphatic rings. The first-order chi connectivity index (χ1) is 10.1. The summed E-state index contributed by atoms with van der Waals surface area (Å²) < 4.78 is 3.48. The van der Waals surface area contributed by atoms with Crippen LogP contribution in [0.1, 0.15) is 4.88 Å². The highest BCUT2D eigenvalue weighted by Crippen LogP contribution is 2.27. The Hall–Kier alpha value is -2.40. The summed E-state index contributed by atoms with van der Waals surface area (Å²) in [5, 5.41) is 7.53. The maximum atomic E-state index is 12.6. The molecule has 0 bridgehead atoms. The molecule has 1 aromatic heterocycles. The quantitative estimate of drug-likeness (QED) is 0.541. The van der Waals surface area contributed by atoms with E-state index in [2.05, 4.69) is 5.10 Å². The molecule has 0 spiro atoms. The molecule has 0 saturated carbocycles. The molecule has 2 aromatic rings. The van der Waals surface area contributed by atoms with E-state index in [1.165, 1.54) is 9.56 Å². The Morgan fingerprint density at radius 3 is 2.81 bits per heavy atom. The van der Waals surface area contributed by atoms with E-state index in [0.717, 1.165) is 22.3 Å². The van der Waals surface area contributed by atoms with Crippen LogP contribution in [0.4, 0.5) is 0 Å². The fourth-order valence-corrected chi connectivity index (χ4v) is 3.35. The van der Waals surface area contributed by atoms with E-state index < -0.39 is 0 Å². The van der Waals surface area contributed by atoms with Crippen LogP contribution in [-0.2, 0) is 7.05 Å². The van der Waals surface area contributed by atoms with Gasteiger partial charge in [-0.2, -0.15) is 9.78 Å². The van der Waals surface area contributed by atoms with E-state index in [-0.39, 0.29) is 5.56 Å². The van der Waals surface area contributed by atoms with Crippen molar-refractivity contribution in [3.05, 3.63) is 57.1 Å². The molecule has 0 unspecified atom stereocenters. The number of nitrogens with zero attached hydrogens (tertiary/aromatic N) is 3. The second kappa shape index (κ2) is 4.30. The maximum Gasteiger partial charge on any atom is 0.282 e. The van der Waals surface area contributed by atoms with E-state index >= 15 is 0 Å². The number of hydrogen-bond donors (Lipinski definition) is 0. The van der Waals surface area contributed by atoms with E-state index in [0.29, 0.717) is 5.56 Å². The molecule has 2 aliphatic heterocycles.